The number of hydrogen-bond acceptors (Lipinski definition) is 3. The average Bonchev–Trinajstić information content (AvgIpc) is 3.35. The first-order valence-electron chi connectivity index (χ1n) is 10.4. The number of hydrogen-bond donors (Lipinski definition) is 1. The van der Waals surface area contributed by atoms with Crippen LogP contribution in [-0.4, -0.2) is 40.2 Å². The third-order valence-corrected chi connectivity index (χ3v) is 5.61. The van der Waals surface area contributed by atoms with Crippen LogP contribution in [0.15, 0.2) is 54.6 Å². The Morgan fingerprint density at radius 2 is 1.80 bits per heavy atom. The number of nitrogens with zero attached hydrogens (tertiary/aromatic N) is 3. The average molecular weight is 425 g/mol. The molecule has 0 radical (unpaired) electrons. The third kappa shape index (κ3) is 4.58. The number of halogens is 1. The molecule has 0 fully saturated rings. The van der Waals surface area contributed by atoms with Crippen LogP contribution in [0, 0.1) is 6.92 Å². The lowest BCUT2D eigenvalue weighted by atomic mass is 10.1. The van der Waals surface area contributed by atoms with Crippen molar-refractivity contribution in [1.82, 2.24) is 14.7 Å². The molecule has 6 heteroatoms. The van der Waals surface area contributed by atoms with Gasteiger partial charge in [0.25, 0.3) is 5.91 Å². The number of benzene rings is 2. The van der Waals surface area contributed by atoms with E-state index in [9.17, 15) is 4.79 Å². The maximum atomic E-state index is 13.4. The van der Waals surface area contributed by atoms with E-state index in [1.807, 2.05) is 27.8 Å². The second kappa shape index (κ2) is 9.92. The fourth-order valence-corrected chi connectivity index (χ4v) is 4.04. The molecule has 1 amide bonds. The van der Waals surface area contributed by atoms with Crippen molar-refractivity contribution in [2.45, 2.75) is 32.6 Å². The van der Waals surface area contributed by atoms with Crippen LogP contribution in [0.4, 0.5) is 0 Å². The van der Waals surface area contributed by atoms with Gasteiger partial charge in [-0.25, -0.2) is 4.68 Å². The van der Waals surface area contributed by atoms with Crippen molar-refractivity contribution in [3.05, 3.63) is 82.7 Å². The number of carbonyl (C=O) groups is 1. The number of aromatic nitrogens is 2. The Morgan fingerprint density at radius 1 is 1.07 bits per heavy atom. The second-order valence-electron chi connectivity index (χ2n) is 7.69. The zero-order valence-corrected chi connectivity index (χ0v) is 18.2. The Labute approximate surface area is 184 Å². The Hall–Kier alpha value is -2.63. The van der Waals surface area contributed by atoms with Crippen molar-refractivity contribution < 1.29 is 4.79 Å². The number of fused-ring (bicyclic) bond motifs is 1. The smallest absolute Gasteiger partial charge is 0.274 e. The van der Waals surface area contributed by atoms with Crippen molar-refractivity contribution in [3.8, 4) is 5.69 Å². The monoisotopic (exact) mass is 424 g/mol. The van der Waals surface area contributed by atoms with E-state index < -0.39 is 0 Å². The molecule has 1 heterocycles. The standard InChI is InChI=1S/C24H28N4O.ClH/c1-18-10-12-20(13-11-18)28-22-9-5-8-21(22)23(26-28)24(29)27(17-15-25)16-14-19-6-3-2-4-7-19;/h2-4,6-7,10-13H,5,8-9,14-17,25H2,1H3;1H. The van der Waals surface area contributed by atoms with E-state index in [1.54, 1.807) is 0 Å². The van der Waals surface area contributed by atoms with Crippen molar-refractivity contribution in [1.29, 1.82) is 0 Å². The first-order valence-corrected chi connectivity index (χ1v) is 10.4. The van der Waals surface area contributed by atoms with E-state index >= 15 is 0 Å². The molecule has 0 unspecified atom stereocenters. The molecule has 2 N–H and O–H groups in total. The third-order valence-electron chi connectivity index (χ3n) is 5.61. The molecule has 3 aromatic rings. The molecule has 0 bridgehead atoms. The SMILES string of the molecule is Cc1ccc(-n2nc(C(=O)N(CCN)CCc3ccccc3)c3c2CCC3)cc1.Cl. The molecule has 1 aliphatic rings. The molecular formula is C24H29ClN4O. The minimum atomic E-state index is -0.00427. The topological polar surface area (TPSA) is 64.2 Å². The molecule has 0 saturated carbocycles. The minimum absolute atomic E-state index is 0. The van der Waals surface area contributed by atoms with Gasteiger partial charge >= 0.3 is 0 Å². The molecule has 1 aromatic heterocycles. The highest BCUT2D eigenvalue weighted by Gasteiger charge is 2.29. The molecule has 0 saturated heterocycles. The van der Waals surface area contributed by atoms with Crippen LogP contribution < -0.4 is 5.73 Å². The summed E-state index contributed by atoms with van der Waals surface area (Å²) in [7, 11) is 0. The summed E-state index contributed by atoms with van der Waals surface area (Å²) in [6.07, 6.45) is 3.76. The number of nitrogens with two attached hydrogens (primary N) is 1. The van der Waals surface area contributed by atoms with Crippen molar-refractivity contribution in [2.24, 2.45) is 5.73 Å². The molecule has 2 aromatic carbocycles. The highest BCUT2D eigenvalue weighted by Crippen LogP contribution is 2.28. The fourth-order valence-electron chi connectivity index (χ4n) is 4.04. The van der Waals surface area contributed by atoms with E-state index in [0.29, 0.717) is 25.3 Å². The normalized spacial score (nSPS) is 12.3. The van der Waals surface area contributed by atoms with Gasteiger partial charge in [-0.05, 0) is 50.3 Å². The van der Waals surface area contributed by atoms with Gasteiger partial charge in [0.15, 0.2) is 5.69 Å². The number of aryl methyl sites for hydroxylation is 1. The van der Waals surface area contributed by atoms with Gasteiger partial charge in [-0.3, -0.25) is 4.79 Å². The molecule has 4 rings (SSSR count). The number of rotatable bonds is 7. The summed E-state index contributed by atoms with van der Waals surface area (Å²) in [4.78, 5) is 15.3. The Balaban J connectivity index is 0.00000256. The van der Waals surface area contributed by atoms with Gasteiger partial charge in [0.1, 0.15) is 0 Å². The van der Waals surface area contributed by atoms with Gasteiger partial charge in [0.05, 0.1) is 5.69 Å². The fraction of sp³-hybridized carbons (Fsp3) is 0.333. The van der Waals surface area contributed by atoms with Gasteiger partial charge in [-0.1, -0.05) is 48.0 Å². The van der Waals surface area contributed by atoms with E-state index in [1.165, 1.54) is 16.8 Å². The zero-order chi connectivity index (χ0) is 20.2. The van der Waals surface area contributed by atoms with Crippen molar-refractivity contribution in [3.63, 3.8) is 0 Å². The summed E-state index contributed by atoms with van der Waals surface area (Å²) in [5.74, 6) is -0.00427. The molecular weight excluding hydrogens is 396 g/mol. The maximum Gasteiger partial charge on any atom is 0.274 e. The van der Waals surface area contributed by atoms with Crippen LogP contribution in [0.25, 0.3) is 5.69 Å². The van der Waals surface area contributed by atoms with E-state index in [-0.39, 0.29) is 18.3 Å². The van der Waals surface area contributed by atoms with E-state index in [0.717, 1.165) is 36.9 Å². The van der Waals surface area contributed by atoms with E-state index in [2.05, 4.69) is 43.3 Å². The molecule has 0 spiro atoms. The summed E-state index contributed by atoms with van der Waals surface area (Å²) < 4.78 is 1.97. The lowest BCUT2D eigenvalue weighted by molar-refractivity contribution is 0.0754. The van der Waals surface area contributed by atoms with Gasteiger partial charge < -0.3 is 10.6 Å². The van der Waals surface area contributed by atoms with Crippen LogP contribution in [0.1, 0.15) is 39.3 Å². The number of carbonyl (C=O) groups excluding carboxylic acids is 1. The lowest BCUT2D eigenvalue weighted by Crippen LogP contribution is -2.37. The molecule has 0 atom stereocenters. The first-order chi connectivity index (χ1) is 14.2. The quantitative estimate of drug-likeness (QED) is 0.628. The van der Waals surface area contributed by atoms with Gasteiger partial charge in [-0.2, -0.15) is 5.10 Å². The predicted octanol–water partition coefficient (Wildman–Crippen LogP) is 3.73. The molecule has 5 nitrogen and oxygen atoms in total. The summed E-state index contributed by atoms with van der Waals surface area (Å²) in [6.45, 7) is 3.70. The second-order valence-corrected chi connectivity index (χ2v) is 7.69. The summed E-state index contributed by atoms with van der Waals surface area (Å²) >= 11 is 0. The van der Waals surface area contributed by atoms with Crippen LogP contribution in [0.5, 0.6) is 0 Å². The van der Waals surface area contributed by atoms with Crippen molar-refractivity contribution >= 4 is 18.3 Å². The summed E-state index contributed by atoms with van der Waals surface area (Å²) in [6, 6.07) is 18.6. The van der Waals surface area contributed by atoms with Gasteiger partial charge in [0, 0.05) is 30.9 Å². The zero-order valence-electron chi connectivity index (χ0n) is 17.4. The molecule has 0 aliphatic heterocycles. The minimum Gasteiger partial charge on any atom is -0.336 e. The largest absolute Gasteiger partial charge is 0.336 e. The van der Waals surface area contributed by atoms with E-state index in [4.69, 9.17) is 10.8 Å². The van der Waals surface area contributed by atoms with Crippen LogP contribution in [0.2, 0.25) is 0 Å². The lowest BCUT2D eigenvalue weighted by Gasteiger charge is -2.21. The highest BCUT2D eigenvalue weighted by atomic mass is 35.5. The first kappa shape index (κ1) is 22.1. The molecule has 30 heavy (non-hydrogen) atoms. The van der Waals surface area contributed by atoms with Gasteiger partial charge in [0.2, 0.25) is 0 Å². The number of amides is 1. The van der Waals surface area contributed by atoms with Crippen LogP contribution >= 0.6 is 12.4 Å². The summed E-state index contributed by atoms with van der Waals surface area (Å²) in [5.41, 5.74) is 12.1. The molecule has 1 aliphatic carbocycles. The Kier molecular flexibility index (Phi) is 7.29. The Morgan fingerprint density at radius 3 is 2.50 bits per heavy atom. The maximum absolute atomic E-state index is 13.4. The highest BCUT2D eigenvalue weighted by molar-refractivity contribution is 5.94. The Bertz CT molecular complexity index is 982. The van der Waals surface area contributed by atoms with Crippen LogP contribution in [-0.2, 0) is 19.3 Å². The summed E-state index contributed by atoms with van der Waals surface area (Å²) in [5, 5.41) is 4.77. The van der Waals surface area contributed by atoms with Crippen LogP contribution in [0.3, 0.4) is 0 Å². The van der Waals surface area contributed by atoms with Gasteiger partial charge in [-0.15, -0.1) is 12.4 Å². The predicted molar refractivity (Wildman–Crippen MR) is 123 cm³/mol. The van der Waals surface area contributed by atoms with Crippen molar-refractivity contribution in [2.75, 3.05) is 19.6 Å². The molecule has 158 valence electrons.